The van der Waals surface area contributed by atoms with Crippen LogP contribution < -0.4 is 0 Å². The SMILES string of the molecule is CCC1C2C3CCC4(C(C)C(C(C)N=O)C14)C32. The van der Waals surface area contributed by atoms with Crippen LogP contribution in [0.2, 0.25) is 0 Å². The zero-order valence-electron chi connectivity index (χ0n) is 11.1. The molecule has 0 aromatic carbocycles. The minimum Gasteiger partial charge on any atom is -0.151 e. The van der Waals surface area contributed by atoms with Gasteiger partial charge in [-0.3, -0.25) is 0 Å². The molecule has 0 bridgehead atoms. The van der Waals surface area contributed by atoms with Gasteiger partial charge in [-0.15, -0.1) is 0 Å². The largest absolute Gasteiger partial charge is 0.151 e. The van der Waals surface area contributed by atoms with Crippen molar-refractivity contribution < 1.29 is 0 Å². The smallest absolute Gasteiger partial charge is 0.0925 e. The van der Waals surface area contributed by atoms with Crippen LogP contribution in [0.25, 0.3) is 0 Å². The first kappa shape index (κ1) is 10.5. The molecule has 0 heterocycles. The number of rotatable bonds is 3. The predicted octanol–water partition coefficient (Wildman–Crippen LogP) is 3.71. The average Bonchev–Trinajstić information content (AvgIpc) is 2.83. The molecule has 0 radical (unpaired) electrons. The molecule has 4 fully saturated rings. The van der Waals surface area contributed by atoms with Gasteiger partial charge in [-0.05, 0) is 66.6 Å². The highest BCUT2D eigenvalue weighted by Crippen LogP contribution is 2.87. The summed E-state index contributed by atoms with van der Waals surface area (Å²) >= 11 is 0. The summed E-state index contributed by atoms with van der Waals surface area (Å²) in [5, 5.41) is 3.36. The summed E-state index contributed by atoms with van der Waals surface area (Å²) in [4.78, 5) is 10.9. The Morgan fingerprint density at radius 3 is 2.82 bits per heavy atom. The van der Waals surface area contributed by atoms with E-state index >= 15 is 0 Å². The molecule has 94 valence electrons. The van der Waals surface area contributed by atoms with E-state index in [0.717, 1.165) is 35.5 Å². The molecule has 0 aromatic heterocycles. The fourth-order valence-electron chi connectivity index (χ4n) is 7.07. The zero-order valence-corrected chi connectivity index (χ0v) is 11.1. The Balaban J connectivity index is 1.72. The van der Waals surface area contributed by atoms with Gasteiger partial charge in [0.1, 0.15) is 0 Å². The van der Waals surface area contributed by atoms with Crippen molar-refractivity contribution in [2.24, 2.45) is 52.0 Å². The van der Waals surface area contributed by atoms with E-state index in [0.29, 0.717) is 11.3 Å². The summed E-state index contributed by atoms with van der Waals surface area (Å²) in [5.41, 5.74) is 0.666. The number of fused-ring (bicyclic) bond motifs is 1. The molecule has 2 nitrogen and oxygen atoms in total. The summed E-state index contributed by atoms with van der Waals surface area (Å²) in [5.74, 6) is 6.33. The first-order valence-electron chi connectivity index (χ1n) is 7.51. The monoisotopic (exact) mass is 233 g/mol. The third-order valence-corrected chi connectivity index (χ3v) is 7.37. The van der Waals surface area contributed by atoms with Crippen LogP contribution >= 0.6 is 0 Å². The second-order valence-corrected chi connectivity index (χ2v) is 7.23. The van der Waals surface area contributed by atoms with Crippen molar-refractivity contribution >= 4 is 0 Å². The predicted molar refractivity (Wildman–Crippen MR) is 67.3 cm³/mol. The average molecular weight is 233 g/mol. The summed E-state index contributed by atoms with van der Waals surface area (Å²) in [6.07, 6.45) is 4.28. The van der Waals surface area contributed by atoms with Crippen molar-refractivity contribution in [3.63, 3.8) is 0 Å². The van der Waals surface area contributed by atoms with Gasteiger partial charge in [0.15, 0.2) is 0 Å². The van der Waals surface area contributed by atoms with Crippen LogP contribution in [-0.2, 0) is 0 Å². The van der Waals surface area contributed by atoms with Crippen LogP contribution in [0.1, 0.15) is 40.0 Å². The standard InChI is InChI=1S/C15H23NO/c1-4-9-12-10-5-6-15(14(10)12)7(2)11(13(9)15)8(3)16-17/h7-14H,4-6H2,1-3H3. The van der Waals surface area contributed by atoms with E-state index in [2.05, 4.69) is 19.0 Å². The van der Waals surface area contributed by atoms with Crippen LogP contribution in [0.15, 0.2) is 5.18 Å². The van der Waals surface area contributed by atoms with Gasteiger partial charge in [0.05, 0.1) is 6.04 Å². The van der Waals surface area contributed by atoms with Gasteiger partial charge in [0.25, 0.3) is 0 Å². The Bertz CT molecular complexity index is 381. The first-order valence-corrected chi connectivity index (χ1v) is 7.51. The van der Waals surface area contributed by atoms with Gasteiger partial charge in [0, 0.05) is 0 Å². The molecule has 1 spiro atoms. The van der Waals surface area contributed by atoms with Crippen molar-refractivity contribution in [3.8, 4) is 0 Å². The van der Waals surface area contributed by atoms with E-state index in [-0.39, 0.29) is 6.04 Å². The topological polar surface area (TPSA) is 29.4 Å². The normalized spacial score (nSPS) is 63.6. The molecule has 9 atom stereocenters. The van der Waals surface area contributed by atoms with Crippen LogP contribution in [0, 0.1) is 51.7 Å². The summed E-state index contributed by atoms with van der Waals surface area (Å²) in [6, 6.07) is 0.0474. The summed E-state index contributed by atoms with van der Waals surface area (Å²) in [6.45, 7) is 6.82. The molecular formula is C15H23NO. The van der Waals surface area contributed by atoms with Gasteiger partial charge in [0.2, 0.25) is 0 Å². The fourth-order valence-corrected chi connectivity index (χ4v) is 7.07. The highest BCUT2D eigenvalue weighted by Gasteiger charge is 2.83. The van der Waals surface area contributed by atoms with E-state index in [4.69, 9.17) is 0 Å². The lowest BCUT2D eigenvalue weighted by Gasteiger charge is -2.60. The maximum Gasteiger partial charge on any atom is 0.0925 e. The lowest BCUT2D eigenvalue weighted by Crippen LogP contribution is -2.58. The molecule has 0 aliphatic heterocycles. The van der Waals surface area contributed by atoms with Gasteiger partial charge in [-0.2, -0.15) is 4.91 Å². The Morgan fingerprint density at radius 1 is 1.41 bits per heavy atom. The zero-order chi connectivity index (χ0) is 11.9. The summed E-state index contributed by atoms with van der Waals surface area (Å²) < 4.78 is 0. The van der Waals surface area contributed by atoms with Crippen molar-refractivity contribution in [3.05, 3.63) is 4.91 Å². The summed E-state index contributed by atoms with van der Waals surface area (Å²) in [7, 11) is 0. The molecule has 0 aromatic rings. The maximum atomic E-state index is 10.9. The van der Waals surface area contributed by atoms with Gasteiger partial charge in [-0.25, -0.2) is 0 Å². The van der Waals surface area contributed by atoms with Crippen LogP contribution in [-0.4, -0.2) is 6.04 Å². The van der Waals surface area contributed by atoms with Crippen LogP contribution in [0.5, 0.6) is 0 Å². The molecule has 9 unspecified atom stereocenters. The quantitative estimate of drug-likeness (QED) is 0.683. The van der Waals surface area contributed by atoms with Crippen LogP contribution in [0.4, 0.5) is 0 Å². The van der Waals surface area contributed by atoms with Crippen molar-refractivity contribution in [1.29, 1.82) is 0 Å². The van der Waals surface area contributed by atoms with Crippen LogP contribution in [0.3, 0.4) is 0 Å². The maximum absolute atomic E-state index is 10.9. The molecule has 0 saturated heterocycles. The van der Waals surface area contributed by atoms with E-state index in [9.17, 15) is 4.91 Å². The van der Waals surface area contributed by atoms with E-state index < -0.39 is 0 Å². The number of nitroso groups, excluding NO2 is 1. The van der Waals surface area contributed by atoms with Crippen molar-refractivity contribution in [1.82, 2.24) is 0 Å². The van der Waals surface area contributed by atoms with E-state index in [1.54, 1.807) is 0 Å². The second-order valence-electron chi connectivity index (χ2n) is 7.23. The van der Waals surface area contributed by atoms with Crippen molar-refractivity contribution in [2.75, 3.05) is 0 Å². The molecule has 4 rings (SSSR count). The number of hydrogen-bond acceptors (Lipinski definition) is 2. The highest BCUT2D eigenvalue weighted by atomic mass is 16.3. The molecule has 0 amide bonds. The minimum absolute atomic E-state index is 0.0474. The first-order chi connectivity index (χ1) is 8.18. The molecule has 4 aliphatic rings. The lowest BCUT2D eigenvalue weighted by atomic mass is 9.44. The molecule has 0 N–H and O–H groups in total. The van der Waals surface area contributed by atoms with Crippen molar-refractivity contribution in [2.45, 2.75) is 46.1 Å². The minimum atomic E-state index is 0.0474. The molecule has 4 aliphatic carbocycles. The van der Waals surface area contributed by atoms with Gasteiger partial charge < -0.3 is 0 Å². The third-order valence-electron chi connectivity index (χ3n) is 7.37. The highest BCUT2D eigenvalue weighted by molar-refractivity contribution is 5.30. The molecule has 4 saturated carbocycles. The van der Waals surface area contributed by atoms with Gasteiger partial charge in [-0.1, -0.05) is 25.4 Å². The van der Waals surface area contributed by atoms with E-state index in [1.807, 2.05) is 6.92 Å². The Morgan fingerprint density at radius 2 is 2.18 bits per heavy atom. The third kappa shape index (κ3) is 0.870. The number of nitrogens with zero attached hydrogens (tertiary/aromatic N) is 1. The molecule has 2 heteroatoms. The van der Waals surface area contributed by atoms with E-state index in [1.165, 1.54) is 19.3 Å². The Hall–Kier alpha value is -0.400. The van der Waals surface area contributed by atoms with Gasteiger partial charge >= 0.3 is 0 Å². The second kappa shape index (κ2) is 2.95. The Labute approximate surface area is 104 Å². The Kier molecular flexibility index (Phi) is 1.82. The fraction of sp³-hybridized carbons (Fsp3) is 1.00. The lowest BCUT2D eigenvalue weighted by molar-refractivity contribution is -0.131. The number of hydrogen-bond donors (Lipinski definition) is 0. The molecular weight excluding hydrogens is 210 g/mol. The molecule has 17 heavy (non-hydrogen) atoms.